The van der Waals surface area contributed by atoms with Crippen molar-refractivity contribution >= 4 is 41.8 Å². The highest BCUT2D eigenvalue weighted by Crippen LogP contribution is 2.29. The van der Waals surface area contributed by atoms with Crippen molar-refractivity contribution in [3.8, 4) is 5.75 Å². The van der Waals surface area contributed by atoms with Gasteiger partial charge in [0.1, 0.15) is 24.5 Å². The lowest BCUT2D eigenvalue weighted by molar-refractivity contribution is -0.238. The molecule has 1 aromatic rings. The number of carboxylic acids is 1. The summed E-state index contributed by atoms with van der Waals surface area (Å²) in [5.41, 5.74) is 6.21. The van der Waals surface area contributed by atoms with Gasteiger partial charge in [-0.2, -0.15) is 0 Å². The maximum atomic E-state index is 13.0. The number of hydrogen-bond donors (Lipinski definition) is 7. The van der Waals surface area contributed by atoms with Crippen molar-refractivity contribution in [3.05, 3.63) is 29.3 Å². The molecule has 2 saturated heterocycles. The SMILES string of the molecule is CCC(=O)N[C@H]1C[C@@H](COCCSO)N(CC(=O)NCCCCc2ccc(COC(N)=O)c(OC3OC(C(=O)O)CC(O)[C@H]3O)c2)C1=O. The number of carboxylic acid groups (broad SMARTS) is 1. The number of carbonyl (C=O) groups excluding carboxylic acids is 4. The summed E-state index contributed by atoms with van der Waals surface area (Å²) in [7, 11) is 0. The number of primary amides is 1. The maximum Gasteiger partial charge on any atom is 0.404 e. The lowest BCUT2D eigenvalue weighted by Gasteiger charge is -2.35. The summed E-state index contributed by atoms with van der Waals surface area (Å²) in [6.45, 7) is 1.94. The van der Waals surface area contributed by atoms with Crippen LogP contribution in [-0.2, 0) is 46.4 Å². The summed E-state index contributed by atoms with van der Waals surface area (Å²) in [6.07, 6.45) is -4.99. The van der Waals surface area contributed by atoms with Crippen LogP contribution in [0.25, 0.3) is 0 Å². The van der Waals surface area contributed by atoms with Crippen LogP contribution in [0.15, 0.2) is 18.2 Å². The molecule has 8 N–H and O–H groups in total. The highest BCUT2D eigenvalue weighted by atomic mass is 32.2. The van der Waals surface area contributed by atoms with Crippen molar-refractivity contribution in [2.24, 2.45) is 5.73 Å². The van der Waals surface area contributed by atoms with Crippen LogP contribution in [0.3, 0.4) is 0 Å². The van der Waals surface area contributed by atoms with Gasteiger partial charge in [0.2, 0.25) is 24.0 Å². The van der Waals surface area contributed by atoms with Crippen LogP contribution in [0.1, 0.15) is 50.2 Å². The van der Waals surface area contributed by atoms with Crippen molar-refractivity contribution in [1.82, 2.24) is 15.5 Å². The van der Waals surface area contributed by atoms with Gasteiger partial charge in [0, 0.05) is 30.7 Å². The highest BCUT2D eigenvalue weighted by Gasteiger charge is 2.42. The zero-order chi connectivity index (χ0) is 35.2. The molecule has 0 radical (unpaired) electrons. The maximum absolute atomic E-state index is 13.0. The molecule has 3 rings (SSSR count). The predicted molar refractivity (Wildman–Crippen MR) is 169 cm³/mol. The van der Waals surface area contributed by atoms with Gasteiger partial charge >= 0.3 is 12.1 Å². The molecule has 6 atom stereocenters. The fraction of sp³-hybridized carbons (Fsp3) is 0.633. The van der Waals surface area contributed by atoms with E-state index in [9.17, 15) is 39.3 Å². The molecule has 1 aromatic carbocycles. The summed E-state index contributed by atoms with van der Waals surface area (Å²) in [5, 5.41) is 35.3. The number of likely N-dealkylation sites (tertiary alicyclic amines) is 1. The van der Waals surface area contributed by atoms with Gasteiger partial charge in [-0.1, -0.05) is 19.1 Å². The summed E-state index contributed by atoms with van der Waals surface area (Å²) in [5.74, 6) is -1.85. The van der Waals surface area contributed by atoms with Crippen LogP contribution >= 0.6 is 12.0 Å². The second kappa shape index (κ2) is 19.4. The molecule has 2 heterocycles. The highest BCUT2D eigenvalue weighted by molar-refractivity contribution is 7.93. The third kappa shape index (κ3) is 11.8. The van der Waals surface area contributed by atoms with Gasteiger partial charge in [0.05, 0.1) is 31.9 Å². The number of nitrogens with two attached hydrogens (primary N) is 1. The number of benzene rings is 1. The molecule has 18 heteroatoms. The Balaban J connectivity index is 1.54. The Morgan fingerprint density at radius 1 is 1.15 bits per heavy atom. The molecule has 2 fully saturated rings. The summed E-state index contributed by atoms with van der Waals surface area (Å²) >= 11 is 0.638. The van der Waals surface area contributed by atoms with Crippen LogP contribution < -0.4 is 21.1 Å². The van der Waals surface area contributed by atoms with E-state index in [4.69, 9.17) is 29.2 Å². The van der Waals surface area contributed by atoms with E-state index in [1.165, 1.54) is 4.90 Å². The molecule has 2 aliphatic rings. The van der Waals surface area contributed by atoms with Crippen LogP contribution in [-0.4, -0.2) is 123 Å². The second-order valence-corrected chi connectivity index (χ2v) is 12.0. The lowest BCUT2D eigenvalue weighted by Crippen LogP contribution is -2.52. The average Bonchev–Trinajstić information content (AvgIpc) is 3.33. The van der Waals surface area contributed by atoms with E-state index in [0.29, 0.717) is 55.6 Å². The van der Waals surface area contributed by atoms with Crippen molar-refractivity contribution < 1.29 is 62.8 Å². The summed E-state index contributed by atoms with van der Waals surface area (Å²) in [4.78, 5) is 61.7. The second-order valence-electron chi connectivity index (χ2n) is 11.3. The molecule has 0 bridgehead atoms. The van der Waals surface area contributed by atoms with Crippen molar-refractivity contribution in [2.45, 2.75) is 88.7 Å². The molecule has 17 nitrogen and oxygen atoms in total. The van der Waals surface area contributed by atoms with Crippen LogP contribution in [0.4, 0.5) is 4.79 Å². The molecule has 0 aromatic heterocycles. The van der Waals surface area contributed by atoms with Crippen LogP contribution in [0.2, 0.25) is 0 Å². The topological polar surface area (TPSA) is 257 Å². The number of aliphatic carboxylic acids is 1. The standard InChI is InChI=1S/C30H44N4O13S/c1-2-24(36)33-20-12-19(16-44-9-10-48-43)34(27(20)39)14-25(37)32-8-4-3-5-17-6-7-18(15-45-30(31)42)22(11-17)46-29-26(38)21(35)13-23(47-29)28(40)41/h6-7,11,19-21,23,26,29,35,38,43H,2-5,8-10,12-16H2,1H3,(H2,31,42)(H,32,37)(H,33,36)(H,40,41)/t19-,20-,21?,23?,26+,29?/m0/s1. The minimum absolute atomic E-state index is 0.127. The van der Waals surface area contributed by atoms with Gasteiger partial charge in [-0.25, -0.2) is 9.59 Å². The first kappa shape index (κ1) is 38.8. The molecule has 0 aliphatic carbocycles. The number of nitrogens with zero attached hydrogens (tertiary/aromatic N) is 1. The predicted octanol–water partition coefficient (Wildman–Crippen LogP) is -0.260. The number of ether oxygens (including phenoxy) is 4. The van der Waals surface area contributed by atoms with E-state index < -0.39 is 48.7 Å². The summed E-state index contributed by atoms with van der Waals surface area (Å²) < 4.78 is 30.4. The number of hydrogen-bond acceptors (Lipinski definition) is 13. The Morgan fingerprint density at radius 2 is 1.92 bits per heavy atom. The van der Waals surface area contributed by atoms with E-state index in [-0.39, 0.29) is 62.7 Å². The smallest absolute Gasteiger partial charge is 0.404 e. The fourth-order valence-electron chi connectivity index (χ4n) is 5.22. The third-order valence-corrected chi connectivity index (χ3v) is 8.14. The molecule has 268 valence electrons. The van der Waals surface area contributed by atoms with E-state index >= 15 is 0 Å². The third-order valence-electron chi connectivity index (χ3n) is 7.79. The Hall–Kier alpha value is -3.68. The zero-order valence-corrected chi connectivity index (χ0v) is 27.4. The van der Waals surface area contributed by atoms with Gasteiger partial charge in [0.25, 0.3) is 0 Å². The van der Waals surface area contributed by atoms with Crippen molar-refractivity contribution in [2.75, 3.05) is 32.1 Å². The number of aliphatic hydroxyl groups is 2. The number of rotatable bonds is 19. The quantitative estimate of drug-likeness (QED) is 0.0725. The van der Waals surface area contributed by atoms with E-state index in [1.54, 1.807) is 25.1 Å². The monoisotopic (exact) mass is 700 g/mol. The van der Waals surface area contributed by atoms with Crippen molar-refractivity contribution in [3.63, 3.8) is 0 Å². The number of nitrogens with one attached hydrogen (secondary N) is 2. The average molecular weight is 701 g/mol. The Kier molecular flexibility index (Phi) is 15.6. The fourth-order valence-corrected chi connectivity index (χ4v) is 5.41. The normalized spacial score (nSPS) is 23.8. The molecule has 2 aliphatic heterocycles. The Morgan fingerprint density at radius 3 is 2.60 bits per heavy atom. The van der Waals surface area contributed by atoms with E-state index in [1.807, 2.05) is 0 Å². The number of amides is 4. The van der Waals surface area contributed by atoms with E-state index in [2.05, 4.69) is 10.6 Å². The molecular formula is C30H44N4O13S. The van der Waals surface area contributed by atoms with Gasteiger partial charge in [-0.3, -0.25) is 14.4 Å². The molecule has 0 spiro atoms. The van der Waals surface area contributed by atoms with Gasteiger partial charge in [-0.15, -0.1) is 0 Å². The Bertz CT molecular complexity index is 1270. The number of unbranched alkanes of at least 4 members (excludes halogenated alkanes) is 1. The first-order valence-corrected chi connectivity index (χ1v) is 16.5. The van der Waals surface area contributed by atoms with Gasteiger partial charge < -0.3 is 60.1 Å². The molecule has 4 amide bonds. The molecule has 48 heavy (non-hydrogen) atoms. The first-order valence-electron chi connectivity index (χ1n) is 15.6. The van der Waals surface area contributed by atoms with Crippen LogP contribution in [0, 0.1) is 0 Å². The van der Waals surface area contributed by atoms with Crippen molar-refractivity contribution in [1.29, 1.82) is 0 Å². The lowest BCUT2D eigenvalue weighted by atomic mass is 10.0. The van der Waals surface area contributed by atoms with Crippen LogP contribution in [0.5, 0.6) is 5.75 Å². The molecule has 0 saturated carbocycles. The first-order chi connectivity index (χ1) is 22.9. The number of aliphatic hydroxyl groups excluding tert-OH is 2. The summed E-state index contributed by atoms with van der Waals surface area (Å²) in [6, 6.07) is 3.82. The van der Waals surface area contributed by atoms with E-state index in [0.717, 1.165) is 5.56 Å². The minimum Gasteiger partial charge on any atom is -0.479 e. The molecular weight excluding hydrogens is 656 g/mol. The number of aryl methyl sites for hydroxylation is 1. The number of carbonyl (C=O) groups is 5. The minimum atomic E-state index is -1.54. The van der Waals surface area contributed by atoms with Gasteiger partial charge in [-0.05, 0) is 49.4 Å². The largest absolute Gasteiger partial charge is 0.479 e. The Labute approximate surface area is 281 Å². The molecule has 3 unspecified atom stereocenters. The zero-order valence-electron chi connectivity index (χ0n) is 26.6. The van der Waals surface area contributed by atoms with Gasteiger partial charge in [0.15, 0.2) is 6.10 Å².